The number of aliphatic imine (C=N–C) groups is 1. The molecule has 0 unspecified atom stereocenters. The molecule has 0 spiro atoms. The quantitative estimate of drug-likeness (QED) is 0.0763. The summed E-state index contributed by atoms with van der Waals surface area (Å²) in [5, 5.41) is 15.3. The van der Waals surface area contributed by atoms with Gasteiger partial charge in [0.15, 0.2) is 17.3 Å². The van der Waals surface area contributed by atoms with Gasteiger partial charge < -0.3 is 36.7 Å². The second-order valence-electron chi connectivity index (χ2n) is 9.12. The summed E-state index contributed by atoms with van der Waals surface area (Å²) in [6, 6.07) is 6.05. The molecule has 0 amide bonds. The van der Waals surface area contributed by atoms with Crippen LogP contribution in [0.25, 0.3) is 0 Å². The fraction of sp³-hybridized carbons (Fsp3) is 0.385. The SMILES string of the molecule is CN=C(N)N[C@@H](C/C(C)=C/C[C@@]12O[C@]1(C(=O)OCCO)C(=O)c1ccccc1C2=O)C1=CCNC(N)=C1. The van der Waals surface area contributed by atoms with E-state index in [1.165, 1.54) is 6.07 Å². The third kappa shape index (κ3) is 4.51. The zero-order chi connectivity index (χ0) is 26.8. The van der Waals surface area contributed by atoms with Gasteiger partial charge >= 0.3 is 5.97 Å². The number of nitrogens with zero attached hydrogens (tertiary/aromatic N) is 1. The number of aliphatic hydroxyl groups excluding tert-OH is 1. The van der Waals surface area contributed by atoms with Gasteiger partial charge in [-0.15, -0.1) is 0 Å². The number of nitrogens with two attached hydrogens (primary N) is 2. The standard InChI is InChI=1S/C26H31N5O6/c1-15(13-19(31-24(28)29-2)16-8-10-30-20(27)14-16)7-9-25-21(33)17-5-3-4-6-18(17)22(34)26(25,37-25)23(35)36-12-11-32/h3-8,14,19,30,32H,9-13,27H2,1-2H3,(H3,28,29,31)/b15-7+/t19-,25-,26-/m0/s1. The van der Waals surface area contributed by atoms with E-state index >= 15 is 0 Å². The molecule has 3 aliphatic rings. The summed E-state index contributed by atoms with van der Waals surface area (Å²) in [6.45, 7) is 1.70. The van der Waals surface area contributed by atoms with Crippen LogP contribution in [0.1, 0.15) is 40.5 Å². The molecule has 7 N–H and O–H groups in total. The second-order valence-corrected chi connectivity index (χ2v) is 9.12. The number of fused-ring (bicyclic) bond motifs is 2. The third-order valence-electron chi connectivity index (χ3n) is 6.76. The Bertz CT molecular complexity index is 1250. The Morgan fingerprint density at radius 3 is 2.68 bits per heavy atom. The minimum Gasteiger partial charge on any atom is -0.461 e. The van der Waals surface area contributed by atoms with Crippen LogP contribution in [0.3, 0.4) is 0 Å². The molecule has 37 heavy (non-hydrogen) atoms. The first-order valence-corrected chi connectivity index (χ1v) is 11.9. The molecule has 1 aliphatic carbocycles. The second kappa shape index (κ2) is 10.2. The van der Waals surface area contributed by atoms with E-state index in [0.29, 0.717) is 18.8 Å². The number of epoxide rings is 1. The van der Waals surface area contributed by atoms with Crippen LogP contribution >= 0.6 is 0 Å². The number of ketones is 2. The van der Waals surface area contributed by atoms with E-state index in [-0.39, 0.29) is 36.2 Å². The molecule has 3 atom stereocenters. The minimum atomic E-state index is -2.07. The highest BCUT2D eigenvalue weighted by atomic mass is 16.7. The van der Waals surface area contributed by atoms with E-state index in [4.69, 9.17) is 26.0 Å². The number of rotatable bonds is 9. The topological polar surface area (TPSA) is 182 Å². The van der Waals surface area contributed by atoms with Crippen molar-refractivity contribution in [2.24, 2.45) is 16.5 Å². The smallest absolute Gasteiger partial charge is 0.350 e. The van der Waals surface area contributed by atoms with Crippen LogP contribution in [-0.2, 0) is 14.3 Å². The van der Waals surface area contributed by atoms with Crippen LogP contribution in [0.2, 0.25) is 0 Å². The Morgan fingerprint density at radius 2 is 2.03 bits per heavy atom. The predicted molar refractivity (Wildman–Crippen MR) is 136 cm³/mol. The van der Waals surface area contributed by atoms with Gasteiger partial charge in [-0.05, 0) is 25.0 Å². The van der Waals surface area contributed by atoms with Crippen LogP contribution in [0.4, 0.5) is 0 Å². The highest BCUT2D eigenvalue weighted by molar-refractivity contribution is 6.32. The average molecular weight is 510 g/mol. The van der Waals surface area contributed by atoms with Gasteiger partial charge in [0, 0.05) is 31.1 Å². The highest BCUT2D eigenvalue weighted by Gasteiger charge is 2.85. The number of benzene rings is 1. The summed E-state index contributed by atoms with van der Waals surface area (Å²) >= 11 is 0. The van der Waals surface area contributed by atoms with Gasteiger partial charge in [0.2, 0.25) is 5.78 Å². The summed E-state index contributed by atoms with van der Waals surface area (Å²) in [7, 11) is 1.58. The lowest BCUT2D eigenvalue weighted by molar-refractivity contribution is -0.149. The lowest BCUT2D eigenvalue weighted by Crippen LogP contribution is -2.50. The Labute approximate surface area is 214 Å². The van der Waals surface area contributed by atoms with Crippen molar-refractivity contribution in [2.45, 2.75) is 37.0 Å². The highest BCUT2D eigenvalue weighted by Crippen LogP contribution is 2.58. The molecule has 1 aromatic carbocycles. The van der Waals surface area contributed by atoms with Crippen molar-refractivity contribution in [3.05, 3.63) is 70.6 Å². The number of esters is 1. The normalized spacial score (nSPS) is 25.7. The molecule has 0 radical (unpaired) electrons. The molecule has 0 bridgehead atoms. The minimum absolute atomic E-state index is 0.0192. The van der Waals surface area contributed by atoms with Gasteiger partial charge in [-0.2, -0.15) is 0 Å². The Hall–Kier alpha value is -3.96. The largest absolute Gasteiger partial charge is 0.461 e. The van der Waals surface area contributed by atoms with E-state index in [2.05, 4.69) is 15.6 Å². The Balaban J connectivity index is 1.63. The fourth-order valence-corrected chi connectivity index (χ4v) is 4.81. The van der Waals surface area contributed by atoms with Gasteiger partial charge in [-0.1, -0.05) is 42.0 Å². The van der Waals surface area contributed by atoms with Crippen molar-refractivity contribution in [1.29, 1.82) is 0 Å². The molecular weight excluding hydrogens is 478 g/mol. The van der Waals surface area contributed by atoms with E-state index < -0.39 is 35.3 Å². The molecule has 1 aromatic rings. The summed E-state index contributed by atoms with van der Waals surface area (Å²) < 4.78 is 10.9. The zero-order valence-electron chi connectivity index (χ0n) is 20.7. The van der Waals surface area contributed by atoms with Crippen molar-refractivity contribution in [1.82, 2.24) is 10.6 Å². The summed E-state index contributed by atoms with van der Waals surface area (Å²) in [4.78, 5) is 43.9. The summed E-state index contributed by atoms with van der Waals surface area (Å²) in [5.41, 5.74) is 10.2. The van der Waals surface area contributed by atoms with Crippen LogP contribution in [-0.4, -0.2) is 72.7 Å². The number of carbonyl (C=O) groups excluding carboxylic acids is 3. The lowest BCUT2D eigenvalue weighted by atomic mass is 9.72. The van der Waals surface area contributed by atoms with Crippen molar-refractivity contribution in [3.63, 3.8) is 0 Å². The number of hydrogen-bond donors (Lipinski definition) is 5. The van der Waals surface area contributed by atoms with Crippen LogP contribution in [0.15, 0.2) is 64.5 Å². The molecule has 196 valence electrons. The average Bonchev–Trinajstić information content (AvgIpc) is 3.61. The first kappa shape index (κ1) is 26.1. The summed E-state index contributed by atoms with van der Waals surface area (Å²) in [5.74, 6) is -1.28. The van der Waals surface area contributed by atoms with Crippen molar-refractivity contribution in [2.75, 3.05) is 26.8 Å². The van der Waals surface area contributed by atoms with E-state index in [9.17, 15) is 14.4 Å². The first-order valence-electron chi connectivity index (χ1n) is 11.9. The van der Waals surface area contributed by atoms with Gasteiger partial charge in [-0.3, -0.25) is 14.6 Å². The molecule has 11 nitrogen and oxygen atoms in total. The molecule has 2 heterocycles. The Morgan fingerprint density at radius 1 is 1.32 bits per heavy atom. The van der Waals surface area contributed by atoms with Gasteiger partial charge in [0.1, 0.15) is 6.61 Å². The number of Topliss-reactive ketones (excluding diaryl/α,β-unsaturated/α-hetero) is 2. The third-order valence-corrected chi connectivity index (χ3v) is 6.76. The number of aliphatic hydroxyl groups is 1. The van der Waals surface area contributed by atoms with Crippen LogP contribution in [0.5, 0.6) is 0 Å². The van der Waals surface area contributed by atoms with E-state index in [1.54, 1.807) is 31.3 Å². The molecule has 1 fully saturated rings. The predicted octanol–water partition coefficient (Wildman–Crippen LogP) is 0.0678. The van der Waals surface area contributed by atoms with Gasteiger partial charge in [0.25, 0.3) is 5.60 Å². The van der Waals surface area contributed by atoms with Gasteiger partial charge in [0.05, 0.1) is 18.5 Å². The summed E-state index contributed by atoms with van der Waals surface area (Å²) in [6.07, 6.45) is 6.03. The number of nitrogens with one attached hydrogen (secondary N) is 2. The molecule has 4 rings (SSSR count). The van der Waals surface area contributed by atoms with E-state index in [0.717, 1.165) is 11.1 Å². The molecule has 0 saturated carbocycles. The number of carbonyl (C=O) groups is 3. The molecular formula is C26H31N5O6. The Kier molecular flexibility index (Phi) is 7.19. The number of ether oxygens (including phenoxy) is 2. The van der Waals surface area contributed by atoms with Crippen molar-refractivity contribution >= 4 is 23.5 Å². The maximum atomic E-state index is 13.6. The van der Waals surface area contributed by atoms with E-state index in [1.807, 2.05) is 19.1 Å². The van der Waals surface area contributed by atoms with Crippen molar-refractivity contribution < 1.29 is 29.0 Å². The monoisotopic (exact) mass is 509 g/mol. The number of guanidine groups is 1. The number of dihydropyridines is 1. The fourth-order valence-electron chi connectivity index (χ4n) is 4.81. The molecule has 0 aromatic heterocycles. The molecule has 1 saturated heterocycles. The van der Waals surface area contributed by atoms with Crippen LogP contribution in [0, 0.1) is 0 Å². The lowest BCUT2D eigenvalue weighted by Gasteiger charge is -2.25. The molecule has 2 aliphatic heterocycles. The zero-order valence-corrected chi connectivity index (χ0v) is 20.7. The number of hydrogen-bond acceptors (Lipinski definition) is 9. The first-order chi connectivity index (χ1) is 17.7. The van der Waals surface area contributed by atoms with Crippen LogP contribution < -0.4 is 22.1 Å². The maximum absolute atomic E-state index is 13.6. The maximum Gasteiger partial charge on any atom is 0.350 e. The van der Waals surface area contributed by atoms with Crippen molar-refractivity contribution in [3.8, 4) is 0 Å². The van der Waals surface area contributed by atoms with Gasteiger partial charge in [-0.25, -0.2) is 4.79 Å². The molecule has 11 heteroatoms.